The molecule has 0 unspecified atom stereocenters. The summed E-state index contributed by atoms with van der Waals surface area (Å²) in [5, 5.41) is 3.09. The van der Waals surface area contributed by atoms with Gasteiger partial charge in [-0.15, -0.1) is 0 Å². The summed E-state index contributed by atoms with van der Waals surface area (Å²) in [6, 6.07) is 0. The number of hydrogen-bond acceptors (Lipinski definition) is 5. The van der Waals surface area contributed by atoms with Crippen LogP contribution in [-0.2, 0) is 9.47 Å². The van der Waals surface area contributed by atoms with Crippen LogP contribution in [0.25, 0.3) is 0 Å². The highest BCUT2D eigenvalue weighted by atomic mass is 16.6. The molecule has 0 aromatic rings. The Morgan fingerprint density at radius 3 is 2.57 bits per heavy atom. The van der Waals surface area contributed by atoms with E-state index in [1.165, 1.54) is 0 Å². The second-order valence-corrected chi connectivity index (χ2v) is 5.96. The molecule has 0 aromatic heterocycles. The highest BCUT2D eigenvalue weighted by Gasteiger charge is 2.17. The van der Waals surface area contributed by atoms with Gasteiger partial charge in [-0.05, 0) is 39.3 Å². The molecular formula is C17H33N3O3. The van der Waals surface area contributed by atoms with E-state index >= 15 is 0 Å². The Morgan fingerprint density at radius 1 is 1.26 bits per heavy atom. The van der Waals surface area contributed by atoms with E-state index in [0.29, 0.717) is 6.54 Å². The normalized spacial score (nSPS) is 16.9. The Kier molecular flexibility index (Phi) is 9.91. The lowest BCUT2D eigenvalue weighted by Gasteiger charge is -2.28. The fourth-order valence-corrected chi connectivity index (χ4v) is 2.38. The smallest absolute Gasteiger partial charge is 0.414 e. The van der Waals surface area contributed by atoms with Crippen molar-refractivity contribution in [2.75, 3.05) is 59.5 Å². The van der Waals surface area contributed by atoms with E-state index in [2.05, 4.69) is 17.1 Å². The molecule has 1 fully saturated rings. The fraction of sp³-hybridized carbons (Fsp3) is 0.824. The highest BCUT2D eigenvalue weighted by molar-refractivity contribution is 5.68. The average Bonchev–Trinajstić information content (AvgIpc) is 2.57. The van der Waals surface area contributed by atoms with Crippen molar-refractivity contribution in [3.63, 3.8) is 0 Å². The standard InChI is InChI=1S/C17H33N3O3/c1-5-15(2)16(3)23-17(21)20(10-7-18-4)9-6-8-19-11-13-22-14-12-19/h18H,5-14H2,1-4H3/b16-15-. The molecule has 1 rings (SSSR count). The van der Waals surface area contributed by atoms with Crippen molar-refractivity contribution in [3.8, 4) is 0 Å². The minimum absolute atomic E-state index is 0.243. The third-order valence-corrected chi connectivity index (χ3v) is 4.27. The van der Waals surface area contributed by atoms with Gasteiger partial charge in [0.1, 0.15) is 5.76 Å². The summed E-state index contributed by atoms with van der Waals surface area (Å²) in [5.41, 5.74) is 1.11. The van der Waals surface area contributed by atoms with Gasteiger partial charge in [-0.25, -0.2) is 4.79 Å². The first-order valence-electron chi connectivity index (χ1n) is 8.66. The molecule has 1 amide bonds. The molecule has 0 saturated carbocycles. The van der Waals surface area contributed by atoms with Gasteiger partial charge in [0.05, 0.1) is 13.2 Å². The Morgan fingerprint density at radius 2 is 1.96 bits per heavy atom. The Hall–Kier alpha value is -1.11. The Bertz CT molecular complexity index is 379. The first kappa shape index (κ1) is 19.9. The van der Waals surface area contributed by atoms with Crippen molar-refractivity contribution in [3.05, 3.63) is 11.3 Å². The van der Waals surface area contributed by atoms with Crippen LogP contribution >= 0.6 is 0 Å². The second kappa shape index (κ2) is 11.4. The Balaban J connectivity index is 2.45. The number of rotatable bonds is 9. The number of likely N-dealkylation sites (N-methyl/N-ethyl adjacent to an activating group) is 1. The molecular weight excluding hydrogens is 294 g/mol. The lowest BCUT2D eigenvalue weighted by atomic mass is 10.2. The van der Waals surface area contributed by atoms with E-state index in [1.807, 2.05) is 20.9 Å². The van der Waals surface area contributed by atoms with E-state index in [0.717, 1.165) is 70.1 Å². The lowest BCUT2D eigenvalue weighted by molar-refractivity contribution is 0.0360. The molecule has 1 saturated heterocycles. The molecule has 6 nitrogen and oxygen atoms in total. The minimum Gasteiger partial charge on any atom is -0.415 e. The van der Waals surface area contributed by atoms with Crippen LogP contribution in [0.2, 0.25) is 0 Å². The third-order valence-electron chi connectivity index (χ3n) is 4.27. The molecule has 23 heavy (non-hydrogen) atoms. The number of nitrogens with zero attached hydrogens (tertiary/aromatic N) is 2. The molecule has 1 N–H and O–H groups in total. The number of morpholine rings is 1. The molecule has 0 atom stereocenters. The number of ether oxygens (including phenoxy) is 2. The molecule has 0 aromatic carbocycles. The van der Waals surface area contributed by atoms with Gasteiger partial charge in [0.25, 0.3) is 0 Å². The molecule has 134 valence electrons. The van der Waals surface area contributed by atoms with Gasteiger partial charge in [-0.2, -0.15) is 0 Å². The number of carbonyl (C=O) groups excluding carboxylic acids is 1. The topological polar surface area (TPSA) is 54.0 Å². The first-order valence-corrected chi connectivity index (χ1v) is 8.66. The Labute approximate surface area is 140 Å². The van der Waals surface area contributed by atoms with Crippen molar-refractivity contribution in [1.82, 2.24) is 15.1 Å². The van der Waals surface area contributed by atoms with Crippen molar-refractivity contribution >= 4 is 6.09 Å². The number of amides is 1. The maximum absolute atomic E-state index is 12.4. The average molecular weight is 327 g/mol. The zero-order valence-corrected chi connectivity index (χ0v) is 15.2. The van der Waals surface area contributed by atoms with Crippen LogP contribution in [0.5, 0.6) is 0 Å². The lowest BCUT2D eigenvalue weighted by Crippen LogP contribution is -2.40. The molecule has 0 spiro atoms. The van der Waals surface area contributed by atoms with Crippen LogP contribution in [-0.4, -0.2) is 75.4 Å². The number of hydrogen-bond donors (Lipinski definition) is 1. The van der Waals surface area contributed by atoms with Crippen molar-refractivity contribution in [2.45, 2.75) is 33.6 Å². The highest BCUT2D eigenvalue weighted by Crippen LogP contribution is 2.11. The van der Waals surface area contributed by atoms with Crippen LogP contribution in [0.3, 0.4) is 0 Å². The largest absolute Gasteiger partial charge is 0.415 e. The van der Waals surface area contributed by atoms with Gasteiger partial charge in [0.15, 0.2) is 0 Å². The van der Waals surface area contributed by atoms with Gasteiger partial charge in [0, 0.05) is 39.3 Å². The third kappa shape index (κ3) is 7.81. The second-order valence-electron chi connectivity index (χ2n) is 5.96. The molecule has 6 heteroatoms. The quantitative estimate of drug-likeness (QED) is 0.657. The maximum Gasteiger partial charge on any atom is 0.414 e. The SMILES string of the molecule is CC/C(C)=C(/C)OC(=O)N(CCCN1CCOCC1)CCNC. The van der Waals surface area contributed by atoms with Gasteiger partial charge < -0.3 is 19.7 Å². The summed E-state index contributed by atoms with van der Waals surface area (Å²) in [6.45, 7) is 12.7. The summed E-state index contributed by atoms with van der Waals surface area (Å²) in [7, 11) is 1.89. The first-order chi connectivity index (χ1) is 11.1. The zero-order valence-electron chi connectivity index (χ0n) is 15.2. The van der Waals surface area contributed by atoms with E-state index in [-0.39, 0.29) is 6.09 Å². The van der Waals surface area contributed by atoms with Crippen LogP contribution in [0, 0.1) is 0 Å². The number of allylic oxidation sites excluding steroid dienone is 2. The minimum atomic E-state index is -0.243. The van der Waals surface area contributed by atoms with E-state index < -0.39 is 0 Å². The van der Waals surface area contributed by atoms with Crippen LogP contribution in [0.1, 0.15) is 33.6 Å². The summed E-state index contributed by atoms with van der Waals surface area (Å²) in [4.78, 5) is 16.6. The van der Waals surface area contributed by atoms with Crippen LogP contribution < -0.4 is 5.32 Å². The van der Waals surface area contributed by atoms with Gasteiger partial charge in [-0.1, -0.05) is 6.92 Å². The van der Waals surface area contributed by atoms with Crippen molar-refractivity contribution in [1.29, 1.82) is 0 Å². The van der Waals surface area contributed by atoms with Crippen LogP contribution in [0.15, 0.2) is 11.3 Å². The van der Waals surface area contributed by atoms with Gasteiger partial charge in [-0.3, -0.25) is 4.90 Å². The predicted octanol–water partition coefficient (Wildman–Crippen LogP) is 2.07. The van der Waals surface area contributed by atoms with E-state index in [1.54, 1.807) is 4.90 Å². The summed E-state index contributed by atoms with van der Waals surface area (Å²) < 4.78 is 10.9. The van der Waals surface area contributed by atoms with E-state index in [9.17, 15) is 4.79 Å². The van der Waals surface area contributed by atoms with Gasteiger partial charge >= 0.3 is 6.09 Å². The van der Waals surface area contributed by atoms with Crippen molar-refractivity contribution < 1.29 is 14.3 Å². The molecule has 1 aliphatic heterocycles. The molecule has 1 aliphatic rings. The summed E-state index contributed by atoms with van der Waals surface area (Å²) in [5.74, 6) is 0.722. The van der Waals surface area contributed by atoms with Crippen LogP contribution in [0.4, 0.5) is 4.79 Å². The predicted molar refractivity (Wildman–Crippen MR) is 92.5 cm³/mol. The molecule has 0 radical (unpaired) electrons. The summed E-state index contributed by atoms with van der Waals surface area (Å²) in [6.07, 6.45) is 1.61. The monoisotopic (exact) mass is 327 g/mol. The molecule has 0 bridgehead atoms. The van der Waals surface area contributed by atoms with E-state index in [4.69, 9.17) is 9.47 Å². The number of carbonyl (C=O) groups is 1. The van der Waals surface area contributed by atoms with Gasteiger partial charge in [0.2, 0.25) is 0 Å². The maximum atomic E-state index is 12.4. The number of nitrogens with one attached hydrogen (secondary N) is 1. The molecule has 1 heterocycles. The summed E-state index contributed by atoms with van der Waals surface area (Å²) >= 11 is 0. The fourth-order valence-electron chi connectivity index (χ4n) is 2.38. The molecule has 0 aliphatic carbocycles. The zero-order chi connectivity index (χ0) is 17.1. The van der Waals surface area contributed by atoms with Crippen molar-refractivity contribution in [2.24, 2.45) is 0 Å².